The minimum absolute atomic E-state index is 0.115. The van der Waals surface area contributed by atoms with Crippen LogP contribution in [-0.4, -0.2) is 19.7 Å². The predicted molar refractivity (Wildman–Crippen MR) is 72.4 cm³/mol. The third-order valence-electron chi connectivity index (χ3n) is 3.66. The number of nitrogens with zero attached hydrogens (tertiary/aromatic N) is 1. The molecule has 1 aliphatic rings. The number of nitrogens with one attached hydrogen (secondary N) is 1. The van der Waals surface area contributed by atoms with E-state index in [1.807, 2.05) is 13.8 Å². The van der Waals surface area contributed by atoms with Crippen LogP contribution in [0.25, 0.3) is 0 Å². The van der Waals surface area contributed by atoms with Crippen molar-refractivity contribution in [1.29, 1.82) is 5.26 Å². The molecule has 0 saturated heterocycles. The fraction of sp³-hybridized carbons (Fsp3) is 0.923. The van der Waals surface area contributed by atoms with Gasteiger partial charge in [0.15, 0.2) is 0 Å². The van der Waals surface area contributed by atoms with Crippen molar-refractivity contribution in [2.24, 2.45) is 11.8 Å². The van der Waals surface area contributed by atoms with Gasteiger partial charge in [-0.25, -0.2) is 8.42 Å². The lowest BCUT2D eigenvalue weighted by Gasteiger charge is -2.34. The lowest BCUT2D eigenvalue weighted by atomic mass is 9.79. The van der Waals surface area contributed by atoms with Gasteiger partial charge in [0.1, 0.15) is 5.54 Å². The second-order valence-electron chi connectivity index (χ2n) is 5.98. The Morgan fingerprint density at radius 3 is 2.39 bits per heavy atom. The van der Waals surface area contributed by atoms with Gasteiger partial charge in [0, 0.05) is 0 Å². The normalized spacial score (nSPS) is 29.2. The Morgan fingerprint density at radius 2 is 1.94 bits per heavy atom. The molecule has 0 unspecified atom stereocenters. The molecule has 0 heterocycles. The lowest BCUT2D eigenvalue weighted by Crippen LogP contribution is -2.50. The second-order valence-corrected chi connectivity index (χ2v) is 7.82. The molecular formula is C13H24N2O2S. The first kappa shape index (κ1) is 15.5. The van der Waals surface area contributed by atoms with E-state index in [2.05, 4.69) is 17.7 Å². The summed E-state index contributed by atoms with van der Waals surface area (Å²) in [4.78, 5) is 0. The molecule has 1 N–H and O–H groups in total. The van der Waals surface area contributed by atoms with E-state index in [0.717, 1.165) is 12.8 Å². The molecule has 5 heteroatoms. The van der Waals surface area contributed by atoms with Crippen LogP contribution in [0, 0.1) is 23.2 Å². The van der Waals surface area contributed by atoms with Gasteiger partial charge in [-0.2, -0.15) is 9.98 Å². The molecule has 1 aliphatic carbocycles. The summed E-state index contributed by atoms with van der Waals surface area (Å²) >= 11 is 0. The first-order valence-electron chi connectivity index (χ1n) is 6.71. The van der Waals surface area contributed by atoms with Crippen molar-refractivity contribution in [2.75, 3.05) is 5.75 Å². The smallest absolute Gasteiger partial charge is 0.212 e. The van der Waals surface area contributed by atoms with Crippen LogP contribution in [0.3, 0.4) is 0 Å². The van der Waals surface area contributed by atoms with E-state index in [-0.39, 0.29) is 5.75 Å². The van der Waals surface area contributed by atoms with Crippen molar-refractivity contribution < 1.29 is 8.42 Å². The van der Waals surface area contributed by atoms with Crippen molar-refractivity contribution in [3.05, 3.63) is 0 Å². The summed E-state index contributed by atoms with van der Waals surface area (Å²) in [6.07, 6.45) is 3.73. The summed E-state index contributed by atoms with van der Waals surface area (Å²) in [6.45, 7) is 6.14. The molecular weight excluding hydrogens is 248 g/mol. The molecule has 0 radical (unpaired) electrons. The summed E-state index contributed by atoms with van der Waals surface area (Å²) in [7, 11) is -3.34. The van der Waals surface area contributed by atoms with Gasteiger partial charge in [0.05, 0.1) is 11.8 Å². The highest BCUT2D eigenvalue weighted by Gasteiger charge is 2.37. The van der Waals surface area contributed by atoms with E-state index >= 15 is 0 Å². The van der Waals surface area contributed by atoms with Crippen molar-refractivity contribution in [2.45, 2.75) is 58.4 Å². The zero-order valence-corrected chi connectivity index (χ0v) is 12.4. The highest BCUT2D eigenvalue weighted by atomic mass is 32.2. The minimum Gasteiger partial charge on any atom is -0.212 e. The number of hydrogen-bond donors (Lipinski definition) is 1. The molecule has 1 fully saturated rings. The van der Waals surface area contributed by atoms with Crippen LogP contribution in [-0.2, 0) is 10.0 Å². The average Bonchev–Trinajstić information content (AvgIpc) is 2.30. The highest BCUT2D eigenvalue weighted by molar-refractivity contribution is 7.89. The van der Waals surface area contributed by atoms with Crippen LogP contribution < -0.4 is 4.72 Å². The predicted octanol–water partition coefficient (Wildman–Crippen LogP) is 2.42. The molecule has 1 saturated carbocycles. The van der Waals surface area contributed by atoms with Gasteiger partial charge < -0.3 is 0 Å². The average molecular weight is 272 g/mol. The van der Waals surface area contributed by atoms with Crippen LogP contribution in [0.2, 0.25) is 0 Å². The van der Waals surface area contributed by atoms with Crippen molar-refractivity contribution in [3.8, 4) is 6.07 Å². The van der Waals surface area contributed by atoms with Crippen molar-refractivity contribution in [1.82, 2.24) is 4.72 Å². The summed E-state index contributed by atoms with van der Waals surface area (Å²) in [5, 5.41) is 9.29. The van der Waals surface area contributed by atoms with E-state index in [4.69, 9.17) is 0 Å². The highest BCUT2D eigenvalue weighted by Crippen LogP contribution is 2.32. The fourth-order valence-corrected chi connectivity index (χ4v) is 3.96. The molecule has 0 atom stereocenters. The lowest BCUT2D eigenvalue weighted by molar-refractivity contribution is 0.277. The Bertz CT molecular complexity index is 401. The van der Waals surface area contributed by atoms with E-state index < -0.39 is 15.6 Å². The molecule has 0 bridgehead atoms. The van der Waals surface area contributed by atoms with E-state index in [1.165, 1.54) is 0 Å². The minimum atomic E-state index is -3.34. The molecule has 104 valence electrons. The molecule has 0 amide bonds. The van der Waals surface area contributed by atoms with Crippen molar-refractivity contribution in [3.63, 3.8) is 0 Å². The molecule has 1 rings (SSSR count). The van der Waals surface area contributed by atoms with Gasteiger partial charge in [-0.1, -0.05) is 20.8 Å². The first-order chi connectivity index (χ1) is 8.29. The Kier molecular flexibility index (Phi) is 5.18. The van der Waals surface area contributed by atoms with Gasteiger partial charge in [-0.15, -0.1) is 0 Å². The quantitative estimate of drug-likeness (QED) is 0.835. The Hall–Kier alpha value is -0.600. The van der Waals surface area contributed by atoms with Crippen LogP contribution in [0.1, 0.15) is 52.9 Å². The molecule has 0 aromatic heterocycles. The number of hydrogen-bond acceptors (Lipinski definition) is 3. The van der Waals surface area contributed by atoms with E-state index in [0.29, 0.717) is 31.1 Å². The molecule has 0 aromatic rings. The zero-order valence-electron chi connectivity index (χ0n) is 11.6. The topological polar surface area (TPSA) is 70.0 Å². The van der Waals surface area contributed by atoms with Crippen LogP contribution in [0.5, 0.6) is 0 Å². The summed E-state index contributed by atoms with van der Waals surface area (Å²) in [5.41, 5.74) is -0.859. The summed E-state index contributed by atoms with van der Waals surface area (Å²) in [6, 6.07) is 2.19. The molecule has 4 nitrogen and oxygen atoms in total. The summed E-state index contributed by atoms with van der Waals surface area (Å²) in [5.74, 6) is 1.06. The van der Waals surface area contributed by atoms with Gasteiger partial charge >= 0.3 is 0 Å². The molecule has 18 heavy (non-hydrogen) atoms. The maximum atomic E-state index is 12.0. The maximum Gasteiger partial charge on any atom is 0.212 e. The van der Waals surface area contributed by atoms with Crippen molar-refractivity contribution >= 4 is 10.0 Å². The Balaban J connectivity index is 2.66. The third-order valence-corrected chi connectivity index (χ3v) is 5.13. The first-order valence-corrected chi connectivity index (χ1v) is 8.37. The zero-order chi connectivity index (χ0) is 13.8. The molecule has 0 spiro atoms. The fourth-order valence-electron chi connectivity index (χ4n) is 2.23. The largest absolute Gasteiger partial charge is 0.212 e. The second kappa shape index (κ2) is 6.03. The Morgan fingerprint density at radius 1 is 1.39 bits per heavy atom. The van der Waals surface area contributed by atoms with Gasteiger partial charge in [0.2, 0.25) is 10.0 Å². The van der Waals surface area contributed by atoms with Crippen LogP contribution in [0.15, 0.2) is 0 Å². The van der Waals surface area contributed by atoms with E-state index in [9.17, 15) is 13.7 Å². The number of sulfonamides is 1. The van der Waals surface area contributed by atoms with E-state index in [1.54, 1.807) is 0 Å². The van der Waals surface area contributed by atoms with Gasteiger partial charge in [-0.05, 0) is 43.9 Å². The monoisotopic (exact) mass is 272 g/mol. The standard InChI is InChI=1S/C13H24N2O2S/c1-11(2)6-9-18(16,17)15-13(10-14)7-4-12(3)5-8-13/h11-12,15H,4-9H2,1-3H3. The van der Waals surface area contributed by atoms with Gasteiger partial charge in [0.25, 0.3) is 0 Å². The molecule has 0 aromatic carbocycles. The van der Waals surface area contributed by atoms with Crippen LogP contribution in [0.4, 0.5) is 0 Å². The number of rotatable bonds is 5. The summed E-state index contributed by atoms with van der Waals surface area (Å²) < 4.78 is 26.6. The van der Waals surface area contributed by atoms with Crippen LogP contribution >= 0.6 is 0 Å². The molecule has 0 aliphatic heterocycles. The van der Waals surface area contributed by atoms with Gasteiger partial charge in [-0.3, -0.25) is 0 Å². The number of nitriles is 1. The Labute approximate surface area is 111 Å². The third kappa shape index (κ3) is 4.58. The maximum absolute atomic E-state index is 12.0. The SMILES string of the molecule is CC(C)CCS(=O)(=O)NC1(C#N)CCC(C)CC1.